The third kappa shape index (κ3) is 2.69. The molecule has 108 valence electrons. The SMILES string of the molecule is CC1CCCN(C(=O)NC(C)(C(=O)O)C2CC2)C1C. The Bertz CT molecular complexity index is 381. The highest BCUT2D eigenvalue weighted by Gasteiger charge is 2.49. The van der Waals surface area contributed by atoms with Crippen LogP contribution in [0.15, 0.2) is 0 Å². The van der Waals surface area contributed by atoms with Gasteiger partial charge in [0.15, 0.2) is 0 Å². The Morgan fingerprint density at radius 2 is 1.89 bits per heavy atom. The number of piperidine rings is 1. The van der Waals surface area contributed by atoms with Crippen molar-refractivity contribution in [1.29, 1.82) is 0 Å². The van der Waals surface area contributed by atoms with Gasteiger partial charge in [-0.3, -0.25) is 0 Å². The van der Waals surface area contributed by atoms with Crippen molar-refractivity contribution < 1.29 is 14.7 Å². The maximum atomic E-state index is 12.4. The van der Waals surface area contributed by atoms with Crippen LogP contribution in [0, 0.1) is 11.8 Å². The molecule has 0 radical (unpaired) electrons. The van der Waals surface area contributed by atoms with E-state index in [0.29, 0.717) is 5.92 Å². The van der Waals surface area contributed by atoms with Crippen LogP contribution < -0.4 is 5.32 Å². The van der Waals surface area contributed by atoms with Crippen LogP contribution in [0.2, 0.25) is 0 Å². The van der Waals surface area contributed by atoms with Crippen molar-refractivity contribution in [3.63, 3.8) is 0 Å². The van der Waals surface area contributed by atoms with Crippen molar-refractivity contribution in [3.8, 4) is 0 Å². The molecule has 1 aliphatic carbocycles. The van der Waals surface area contributed by atoms with Crippen molar-refractivity contribution in [3.05, 3.63) is 0 Å². The second-order valence-electron chi connectivity index (χ2n) is 6.27. The fraction of sp³-hybridized carbons (Fsp3) is 0.857. The topological polar surface area (TPSA) is 69.6 Å². The lowest BCUT2D eigenvalue weighted by Crippen LogP contribution is -2.60. The summed E-state index contributed by atoms with van der Waals surface area (Å²) in [6.45, 7) is 6.53. The number of nitrogens with zero attached hydrogens (tertiary/aromatic N) is 1. The fourth-order valence-electron chi connectivity index (χ4n) is 2.91. The zero-order valence-electron chi connectivity index (χ0n) is 12.0. The minimum absolute atomic E-state index is 0.0754. The molecule has 5 heteroatoms. The van der Waals surface area contributed by atoms with Crippen molar-refractivity contribution in [2.45, 2.75) is 58.0 Å². The highest BCUT2D eigenvalue weighted by atomic mass is 16.4. The molecule has 2 rings (SSSR count). The van der Waals surface area contributed by atoms with Crippen LogP contribution in [0.5, 0.6) is 0 Å². The zero-order chi connectivity index (χ0) is 14.2. The molecule has 3 atom stereocenters. The van der Waals surface area contributed by atoms with Crippen LogP contribution in [0.3, 0.4) is 0 Å². The van der Waals surface area contributed by atoms with Gasteiger partial charge in [0.2, 0.25) is 0 Å². The molecule has 0 aromatic rings. The molecule has 1 aliphatic heterocycles. The summed E-state index contributed by atoms with van der Waals surface area (Å²) in [4.78, 5) is 25.6. The second kappa shape index (κ2) is 5.02. The molecule has 19 heavy (non-hydrogen) atoms. The van der Waals surface area contributed by atoms with Crippen LogP contribution in [-0.2, 0) is 4.79 Å². The van der Waals surface area contributed by atoms with Crippen molar-refractivity contribution in [2.24, 2.45) is 11.8 Å². The number of carbonyl (C=O) groups is 2. The van der Waals surface area contributed by atoms with Crippen LogP contribution in [0.25, 0.3) is 0 Å². The smallest absolute Gasteiger partial charge is 0.329 e. The Hall–Kier alpha value is -1.26. The van der Waals surface area contributed by atoms with E-state index in [2.05, 4.69) is 12.2 Å². The predicted molar refractivity (Wildman–Crippen MR) is 71.9 cm³/mol. The summed E-state index contributed by atoms with van der Waals surface area (Å²) in [6, 6.07) is -0.0538. The molecular formula is C14H24N2O3. The van der Waals surface area contributed by atoms with E-state index >= 15 is 0 Å². The first-order valence-corrected chi connectivity index (χ1v) is 7.18. The van der Waals surface area contributed by atoms with E-state index in [1.807, 2.05) is 6.92 Å². The molecule has 2 N–H and O–H groups in total. The number of nitrogens with one attached hydrogen (secondary N) is 1. The number of rotatable bonds is 3. The maximum Gasteiger partial charge on any atom is 0.329 e. The van der Waals surface area contributed by atoms with Gasteiger partial charge >= 0.3 is 12.0 Å². The minimum atomic E-state index is -1.11. The van der Waals surface area contributed by atoms with Gasteiger partial charge in [0.05, 0.1) is 0 Å². The lowest BCUT2D eigenvalue weighted by Gasteiger charge is -2.39. The van der Waals surface area contributed by atoms with Crippen LogP contribution in [0.4, 0.5) is 4.79 Å². The number of amides is 2. The van der Waals surface area contributed by atoms with Crippen molar-refractivity contribution >= 4 is 12.0 Å². The molecule has 0 aromatic carbocycles. The molecule has 2 amide bonds. The van der Waals surface area contributed by atoms with Gasteiger partial charge in [-0.1, -0.05) is 6.92 Å². The number of hydrogen-bond donors (Lipinski definition) is 2. The van der Waals surface area contributed by atoms with Crippen LogP contribution in [-0.4, -0.2) is 40.1 Å². The summed E-state index contributed by atoms with van der Waals surface area (Å²) in [7, 11) is 0. The number of carbonyl (C=O) groups excluding carboxylic acids is 1. The molecular weight excluding hydrogens is 244 g/mol. The molecule has 5 nitrogen and oxygen atoms in total. The average molecular weight is 268 g/mol. The molecule has 2 fully saturated rings. The van der Waals surface area contributed by atoms with E-state index < -0.39 is 11.5 Å². The average Bonchev–Trinajstić information content (AvgIpc) is 3.16. The summed E-state index contributed by atoms with van der Waals surface area (Å²) in [5, 5.41) is 12.1. The number of urea groups is 1. The van der Waals surface area contributed by atoms with Gasteiger partial charge < -0.3 is 15.3 Å². The molecule has 1 saturated heterocycles. The van der Waals surface area contributed by atoms with Crippen LogP contribution in [0.1, 0.15) is 46.5 Å². The molecule has 1 saturated carbocycles. The molecule has 3 unspecified atom stereocenters. The van der Waals surface area contributed by atoms with Crippen LogP contribution >= 0.6 is 0 Å². The highest BCUT2D eigenvalue weighted by molar-refractivity contribution is 5.86. The quantitative estimate of drug-likeness (QED) is 0.823. The predicted octanol–water partition coefficient (Wildman–Crippen LogP) is 2.07. The van der Waals surface area contributed by atoms with E-state index in [1.54, 1.807) is 11.8 Å². The Morgan fingerprint density at radius 1 is 1.26 bits per heavy atom. The number of hydrogen-bond acceptors (Lipinski definition) is 2. The van der Waals surface area contributed by atoms with E-state index in [4.69, 9.17) is 0 Å². The summed E-state index contributed by atoms with van der Waals surface area (Å²) >= 11 is 0. The number of aliphatic carboxylic acids is 1. The number of likely N-dealkylation sites (tertiary alicyclic amines) is 1. The lowest BCUT2D eigenvalue weighted by atomic mass is 9.92. The maximum absolute atomic E-state index is 12.4. The van der Waals surface area contributed by atoms with E-state index in [0.717, 1.165) is 32.2 Å². The van der Waals surface area contributed by atoms with Gasteiger partial charge in [-0.15, -0.1) is 0 Å². The van der Waals surface area contributed by atoms with E-state index in [-0.39, 0.29) is 18.0 Å². The normalized spacial score (nSPS) is 30.6. The van der Waals surface area contributed by atoms with Crippen molar-refractivity contribution in [2.75, 3.05) is 6.54 Å². The molecule has 1 heterocycles. The first-order chi connectivity index (χ1) is 8.86. The molecule has 0 bridgehead atoms. The Labute approximate surface area is 114 Å². The zero-order valence-corrected chi connectivity index (χ0v) is 12.0. The Kier molecular flexibility index (Phi) is 3.74. The molecule has 2 aliphatic rings. The first kappa shape index (κ1) is 14.2. The fourth-order valence-corrected chi connectivity index (χ4v) is 2.91. The lowest BCUT2D eigenvalue weighted by molar-refractivity contribution is -0.144. The Balaban J connectivity index is 2.05. The minimum Gasteiger partial charge on any atom is -0.480 e. The van der Waals surface area contributed by atoms with Gasteiger partial charge in [0.25, 0.3) is 0 Å². The highest BCUT2D eigenvalue weighted by Crippen LogP contribution is 2.40. The summed E-state index contributed by atoms with van der Waals surface area (Å²) in [5.41, 5.74) is -1.11. The standard InChI is InChI=1S/C14H24N2O3/c1-9-5-4-8-16(10(9)2)13(19)15-14(3,12(17)18)11-6-7-11/h9-11H,4-8H2,1-3H3,(H,15,19)(H,17,18). The third-order valence-corrected chi connectivity index (χ3v) is 4.84. The second-order valence-corrected chi connectivity index (χ2v) is 6.27. The number of carboxylic acids is 1. The summed E-state index contributed by atoms with van der Waals surface area (Å²) in [5.74, 6) is -0.385. The van der Waals surface area contributed by atoms with E-state index in [1.165, 1.54) is 0 Å². The monoisotopic (exact) mass is 268 g/mol. The van der Waals surface area contributed by atoms with Gasteiger partial charge in [-0.2, -0.15) is 0 Å². The molecule has 0 spiro atoms. The Morgan fingerprint density at radius 3 is 2.42 bits per heavy atom. The van der Waals surface area contributed by atoms with Gasteiger partial charge in [-0.25, -0.2) is 9.59 Å². The van der Waals surface area contributed by atoms with Crippen molar-refractivity contribution in [1.82, 2.24) is 10.2 Å². The van der Waals surface area contributed by atoms with E-state index in [9.17, 15) is 14.7 Å². The summed E-state index contributed by atoms with van der Waals surface area (Å²) in [6.07, 6.45) is 3.89. The number of carboxylic acid groups (broad SMARTS) is 1. The molecule has 0 aromatic heterocycles. The first-order valence-electron chi connectivity index (χ1n) is 7.18. The third-order valence-electron chi connectivity index (χ3n) is 4.84. The van der Waals surface area contributed by atoms with Gasteiger partial charge in [-0.05, 0) is 51.4 Å². The largest absolute Gasteiger partial charge is 0.480 e. The van der Waals surface area contributed by atoms with Gasteiger partial charge in [0, 0.05) is 12.6 Å². The van der Waals surface area contributed by atoms with Gasteiger partial charge in [0.1, 0.15) is 5.54 Å². The summed E-state index contributed by atoms with van der Waals surface area (Å²) < 4.78 is 0.